The number of carbonyl (C=O) groups excluding carboxylic acids is 1. The van der Waals surface area contributed by atoms with E-state index in [-0.39, 0.29) is 11.5 Å². The van der Waals surface area contributed by atoms with Gasteiger partial charge >= 0.3 is 0 Å². The standard InChI is InChI=1S/C18H15Br2N5O2/c1-10(23-18(27)11-7-12(19)9-13(20)8-11)16-17(22-6-5-21-16)14-3-4-15(26)25(2)24-14/h3-10H,1-2H3,(H,23,27). The molecule has 2 heterocycles. The van der Waals surface area contributed by atoms with Gasteiger partial charge in [0, 0.05) is 40.0 Å². The Morgan fingerprint density at radius 2 is 1.78 bits per heavy atom. The fourth-order valence-corrected chi connectivity index (χ4v) is 3.82. The van der Waals surface area contributed by atoms with Crippen molar-refractivity contribution in [2.75, 3.05) is 0 Å². The van der Waals surface area contributed by atoms with Crippen molar-refractivity contribution >= 4 is 37.8 Å². The van der Waals surface area contributed by atoms with Crippen molar-refractivity contribution in [2.24, 2.45) is 7.05 Å². The van der Waals surface area contributed by atoms with Crippen LogP contribution in [0.25, 0.3) is 11.4 Å². The van der Waals surface area contributed by atoms with Crippen LogP contribution in [0.15, 0.2) is 56.5 Å². The van der Waals surface area contributed by atoms with Gasteiger partial charge in [-0.1, -0.05) is 31.9 Å². The first-order valence-electron chi connectivity index (χ1n) is 7.98. The van der Waals surface area contributed by atoms with Gasteiger partial charge in [-0.25, -0.2) is 4.68 Å². The predicted octanol–water partition coefficient (Wildman–Crippen LogP) is 3.25. The van der Waals surface area contributed by atoms with Gasteiger partial charge in [-0.3, -0.25) is 19.6 Å². The number of amides is 1. The van der Waals surface area contributed by atoms with Crippen LogP contribution in [0.1, 0.15) is 29.0 Å². The summed E-state index contributed by atoms with van der Waals surface area (Å²) >= 11 is 6.76. The van der Waals surface area contributed by atoms with Gasteiger partial charge in [-0.2, -0.15) is 5.10 Å². The molecular weight excluding hydrogens is 478 g/mol. The fraction of sp³-hybridized carbons (Fsp3) is 0.167. The minimum absolute atomic E-state index is 0.217. The third-order valence-electron chi connectivity index (χ3n) is 3.81. The van der Waals surface area contributed by atoms with Crippen LogP contribution in [0.2, 0.25) is 0 Å². The van der Waals surface area contributed by atoms with E-state index in [1.807, 2.05) is 13.0 Å². The summed E-state index contributed by atoms with van der Waals surface area (Å²) in [7, 11) is 1.57. The number of halogens is 2. The molecule has 0 aliphatic heterocycles. The number of nitrogens with one attached hydrogen (secondary N) is 1. The largest absolute Gasteiger partial charge is 0.344 e. The highest BCUT2D eigenvalue weighted by Gasteiger charge is 2.19. The van der Waals surface area contributed by atoms with Gasteiger partial charge in [-0.15, -0.1) is 0 Å². The molecule has 0 bridgehead atoms. The molecule has 7 nitrogen and oxygen atoms in total. The van der Waals surface area contributed by atoms with Crippen LogP contribution in [0.5, 0.6) is 0 Å². The van der Waals surface area contributed by atoms with E-state index >= 15 is 0 Å². The molecule has 0 aliphatic rings. The predicted molar refractivity (Wildman–Crippen MR) is 108 cm³/mol. The SMILES string of the molecule is CC(NC(=O)c1cc(Br)cc(Br)c1)c1nccnc1-c1ccc(=O)n(C)n1. The van der Waals surface area contributed by atoms with Crippen LogP contribution in [-0.4, -0.2) is 25.7 Å². The van der Waals surface area contributed by atoms with E-state index in [1.165, 1.54) is 10.7 Å². The molecule has 1 N–H and O–H groups in total. The Balaban J connectivity index is 1.91. The Labute approximate surface area is 172 Å². The molecule has 1 atom stereocenters. The molecular formula is C18H15Br2N5O2. The van der Waals surface area contributed by atoms with Crippen LogP contribution in [0, 0.1) is 0 Å². The molecule has 3 rings (SSSR count). The number of nitrogens with zero attached hydrogens (tertiary/aromatic N) is 4. The molecule has 0 fully saturated rings. The van der Waals surface area contributed by atoms with E-state index in [2.05, 4.69) is 52.2 Å². The number of aromatic nitrogens is 4. The first-order valence-corrected chi connectivity index (χ1v) is 9.56. The van der Waals surface area contributed by atoms with E-state index < -0.39 is 6.04 Å². The van der Waals surface area contributed by atoms with Crippen molar-refractivity contribution in [1.29, 1.82) is 0 Å². The lowest BCUT2D eigenvalue weighted by molar-refractivity contribution is 0.0939. The summed E-state index contributed by atoms with van der Waals surface area (Å²) in [5, 5.41) is 7.15. The van der Waals surface area contributed by atoms with Crippen molar-refractivity contribution in [3.8, 4) is 11.4 Å². The highest BCUT2D eigenvalue weighted by molar-refractivity contribution is 9.11. The van der Waals surface area contributed by atoms with Crippen LogP contribution < -0.4 is 10.9 Å². The van der Waals surface area contributed by atoms with Crippen molar-refractivity contribution in [1.82, 2.24) is 25.1 Å². The first kappa shape index (κ1) is 19.4. The van der Waals surface area contributed by atoms with Crippen molar-refractivity contribution in [2.45, 2.75) is 13.0 Å². The van der Waals surface area contributed by atoms with Crippen LogP contribution in [0.4, 0.5) is 0 Å². The van der Waals surface area contributed by atoms with Crippen molar-refractivity contribution in [3.05, 3.63) is 73.3 Å². The second-order valence-corrected chi connectivity index (χ2v) is 7.66. The van der Waals surface area contributed by atoms with Crippen LogP contribution >= 0.6 is 31.9 Å². The minimum atomic E-state index is -0.419. The maximum atomic E-state index is 12.6. The summed E-state index contributed by atoms with van der Waals surface area (Å²) in [6, 6.07) is 7.92. The maximum absolute atomic E-state index is 12.6. The molecule has 1 aromatic carbocycles. The third-order valence-corrected chi connectivity index (χ3v) is 4.73. The lowest BCUT2D eigenvalue weighted by atomic mass is 10.1. The van der Waals surface area contributed by atoms with Crippen molar-refractivity contribution < 1.29 is 4.79 Å². The summed E-state index contributed by atoms with van der Waals surface area (Å²) in [4.78, 5) is 32.9. The summed E-state index contributed by atoms with van der Waals surface area (Å²) in [5.41, 5.74) is 1.87. The first-order chi connectivity index (χ1) is 12.8. The molecule has 2 aromatic heterocycles. The Morgan fingerprint density at radius 3 is 2.44 bits per heavy atom. The maximum Gasteiger partial charge on any atom is 0.266 e. The lowest BCUT2D eigenvalue weighted by Crippen LogP contribution is -2.28. The monoisotopic (exact) mass is 491 g/mol. The zero-order valence-electron chi connectivity index (χ0n) is 14.5. The number of benzene rings is 1. The molecule has 9 heteroatoms. The van der Waals surface area contributed by atoms with Gasteiger partial charge < -0.3 is 5.32 Å². The Bertz CT molecular complexity index is 1050. The van der Waals surface area contributed by atoms with Crippen molar-refractivity contribution in [3.63, 3.8) is 0 Å². The Hall–Kier alpha value is -2.39. The number of rotatable bonds is 4. The molecule has 0 radical (unpaired) electrons. The Kier molecular flexibility index (Phi) is 5.81. The van der Waals surface area contributed by atoms with E-state index in [1.54, 1.807) is 37.6 Å². The summed E-state index contributed by atoms with van der Waals surface area (Å²) in [6.07, 6.45) is 3.10. The zero-order valence-corrected chi connectivity index (χ0v) is 17.7. The lowest BCUT2D eigenvalue weighted by Gasteiger charge is -2.16. The van der Waals surface area contributed by atoms with E-state index in [0.29, 0.717) is 22.6 Å². The molecule has 0 spiro atoms. The quantitative estimate of drug-likeness (QED) is 0.603. The second-order valence-electron chi connectivity index (χ2n) is 5.82. The molecule has 3 aromatic rings. The zero-order chi connectivity index (χ0) is 19.6. The van der Waals surface area contributed by atoms with Gasteiger partial charge in [-0.05, 0) is 31.2 Å². The second kappa shape index (κ2) is 8.10. The highest BCUT2D eigenvalue weighted by atomic mass is 79.9. The molecule has 138 valence electrons. The normalized spacial score (nSPS) is 11.9. The summed E-state index contributed by atoms with van der Waals surface area (Å²) in [6.45, 7) is 1.82. The molecule has 1 amide bonds. The van der Waals surface area contributed by atoms with Gasteiger partial charge in [0.15, 0.2) is 0 Å². The van der Waals surface area contributed by atoms with Gasteiger partial charge in [0.25, 0.3) is 11.5 Å². The van der Waals surface area contributed by atoms with E-state index in [0.717, 1.165) is 8.95 Å². The molecule has 0 aliphatic carbocycles. The topological polar surface area (TPSA) is 89.8 Å². The van der Waals surface area contributed by atoms with Crippen LogP contribution in [0.3, 0.4) is 0 Å². The molecule has 1 unspecified atom stereocenters. The average Bonchev–Trinajstić information content (AvgIpc) is 2.63. The minimum Gasteiger partial charge on any atom is -0.344 e. The number of hydrogen-bond acceptors (Lipinski definition) is 5. The molecule has 0 saturated heterocycles. The number of aryl methyl sites for hydroxylation is 1. The van der Waals surface area contributed by atoms with E-state index in [4.69, 9.17) is 0 Å². The number of hydrogen-bond donors (Lipinski definition) is 1. The summed E-state index contributed by atoms with van der Waals surface area (Å²) < 4.78 is 2.82. The molecule has 27 heavy (non-hydrogen) atoms. The summed E-state index contributed by atoms with van der Waals surface area (Å²) in [5.74, 6) is -0.241. The third kappa shape index (κ3) is 4.48. The van der Waals surface area contributed by atoms with Gasteiger partial charge in [0.1, 0.15) is 11.4 Å². The Morgan fingerprint density at radius 1 is 1.11 bits per heavy atom. The van der Waals surface area contributed by atoms with Crippen LogP contribution in [-0.2, 0) is 7.05 Å². The van der Waals surface area contributed by atoms with Gasteiger partial charge in [0.2, 0.25) is 0 Å². The average molecular weight is 493 g/mol. The fourth-order valence-electron chi connectivity index (χ4n) is 2.52. The number of carbonyl (C=O) groups is 1. The van der Waals surface area contributed by atoms with E-state index in [9.17, 15) is 9.59 Å². The smallest absolute Gasteiger partial charge is 0.266 e. The molecule has 0 saturated carbocycles. The van der Waals surface area contributed by atoms with Gasteiger partial charge in [0.05, 0.1) is 11.7 Å². The highest BCUT2D eigenvalue weighted by Crippen LogP contribution is 2.24.